The summed E-state index contributed by atoms with van der Waals surface area (Å²) in [6.45, 7) is 2.69. The van der Waals surface area contributed by atoms with Crippen LogP contribution in [0.1, 0.15) is 24.0 Å². The summed E-state index contributed by atoms with van der Waals surface area (Å²) in [5, 5.41) is 2.85. The molecule has 1 N–H and O–H groups in total. The average Bonchev–Trinajstić information content (AvgIpc) is 3.12. The molecule has 6 nitrogen and oxygen atoms in total. The van der Waals surface area contributed by atoms with Crippen LogP contribution in [0.2, 0.25) is 0 Å². The molecule has 2 amide bonds. The molecular weight excluding hydrogens is 356 g/mol. The quantitative estimate of drug-likeness (QED) is 0.774. The Morgan fingerprint density at radius 2 is 1.96 bits per heavy atom. The molecule has 0 aliphatic carbocycles. The van der Waals surface area contributed by atoms with Gasteiger partial charge in [0.2, 0.25) is 11.8 Å². The van der Waals surface area contributed by atoms with Crippen LogP contribution in [0.5, 0.6) is 11.5 Å². The van der Waals surface area contributed by atoms with E-state index in [9.17, 15) is 9.59 Å². The van der Waals surface area contributed by atoms with Gasteiger partial charge in [-0.1, -0.05) is 0 Å². The summed E-state index contributed by atoms with van der Waals surface area (Å²) >= 11 is 0. The lowest BCUT2D eigenvalue weighted by atomic mass is 10.1. The molecule has 1 fully saturated rings. The Morgan fingerprint density at radius 1 is 1.14 bits per heavy atom. The van der Waals surface area contributed by atoms with Crippen molar-refractivity contribution >= 4 is 29.3 Å². The van der Waals surface area contributed by atoms with E-state index in [0.717, 1.165) is 29.8 Å². The fourth-order valence-electron chi connectivity index (χ4n) is 3.24. The molecular formula is C22H24N2O4. The van der Waals surface area contributed by atoms with E-state index in [0.29, 0.717) is 23.6 Å². The van der Waals surface area contributed by atoms with Gasteiger partial charge in [-0.2, -0.15) is 0 Å². The molecule has 2 aromatic rings. The zero-order chi connectivity index (χ0) is 20.1. The van der Waals surface area contributed by atoms with Crippen molar-refractivity contribution in [1.82, 2.24) is 0 Å². The number of aryl methyl sites for hydroxylation is 1. The minimum atomic E-state index is -0.248. The number of nitrogens with zero attached hydrogens (tertiary/aromatic N) is 1. The SMILES string of the molecule is COc1ccc(C=CC(=O)Nc2ccc(N3CCCC3=O)c(C)c2)c(OC)c1. The van der Waals surface area contributed by atoms with Crippen LogP contribution in [0.15, 0.2) is 42.5 Å². The molecule has 0 bridgehead atoms. The van der Waals surface area contributed by atoms with E-state index in [1.807, 2.05) is 37.3 Å². The van der Waals surface area contributed by atoms with Crippen LogP contribution >= 0.6 is 0 Å². The van der Waals surface area contributed by atoms with Crippen molar-refractivity contribution in [2.75, 3.05) is 31.0 Å². The first-order valence-corrected chi connectivity index (χ1v) is 9.14. The Hall–Kier alpha value is -3.28. The predicted molar refractivity (Wildman–Crippen MR) is 110 cm³/mol. The molecule has 3 rings (SSSR count). The maximum Gasteiger partial charge on any atom is 0.248 e. The van der Waals surface area contributed by atoms with E-state index in [2.05, 4.69) is 5.32 Å². The van der Waals surface area contributed by atoms with E-state index in [-0.39, 0.29) is 11.8 Å². The first-order chi connectivity index (χ1) is 13.5. The van der Waals surface area contributed by atoms with Crippen LogP contribution < -0.4 is 19.7 Å². The van der Waals surface area contributed by atoms with Gasteiger partial charge in [0.1, 0.15) is 11.5 Å². The maximum atomic E-state index is 12.3. The van der Waals surface area contributed by atoms with Gasteiger partial charge in [0.25, 0.3) is 0 Å². The highest BCUT2D eigenvalue weighted by molar-refractivity contribution is 6.02. The fraction of sp³-hybridized carbons (Fsp3) is 0.273. The van der Waals surface area contributed by atoms with E-state index in [1.165, 1.54) is 6.08 Å². The van der Waals surface area contributed by atoms with E-state index in [1.54, 1.807) is 31.3 Å². The van der Waals surface area contributed by atoms with Gasteiger partial charge in [0.05, 0.1) is 14.2 Å². The number of amides is 2. The highest BCUT2D eigenvalue weighted by atomic mass is 16.5. The summed E-state index contributed by atoms with van der Waals surface area (Å²) in [7, 11) is 3.16. The first-order valence-electron chi connectivity index (χ1n) is 9.14. The van der Waals surface area contributed by atoms with Crippen molar-refractivity contribution in [3.05, 3.63) is 53.6 Å². The lowest BCUT2D eigenvalue weighted by molar-refractivity contribution is -0.117. The van der Waals surface area contributed by atoms with Crippen LogP contribution in [-0.2, 0) is 9.59 Å². The standard InChI is InChI=1S/C22H24N2O4/c1-15-13-17(8-10-19(15)24-12-4-5-22(24)26)23-21(25)11-7-16-6-9-18(27-2)14-20(16)28-3/h6-11,13-14H,4-5,12H2,1-3H3,(H,23,25). The minimum absolute atomic E-state index is 0.149. The van der Waals surface area contributed by atoms with Crippen LogP contribution in [-0.4, -0.2) is 32.6 Å². The smallest absolute Gasteiger partial charge is 0.248 e. The molecule has 146 valence electrons. The van der Waals surface area contributed by atoms with Crippen LogP contribution in [0.4, 0.5) is 11.4 Å². The minimum Gasteiger partial charge on any atom is -0.497 e. The Morgan fingerprint density at radius 3 is 2.61 bits per heavy atom. The molecule has 0 saturated carbocycles. The van der Waals surface area contributed by atoms with Gasteiger partial charge in [0, 0.05) is 42.0 Å². The molecule has 0 unspecified atom stereocenters. The molecule has 1 aliphatic heterocycles. The molecule has 0 aromatic heterocycles. The van der Waals surface area contributed by atoms with Crippen LogP contribution in [0.25, 0.3) is 6.08 Å². The van der Waals surface area contributed by atoms with Gasteiger partial charge in [-0.15, -0.1) is 0 Å². The molecule has 0 atom stereocenters. The van der Waals surface area contributed by atoms with Crippen molar-refractivity contribution in [2.24, 2.45) is 0 Å². The normalized spacial score (nSPS) is 13.8. The van der Waals surface area contributed by atoms with E-state index < -0.39 is 0 Å². The fourth-order valence-corrected chi connectivity index (χ4v) is 3.24. The number of carbonyl (C=O) groups is 2. The number of hydrogen-bond donors (Lipinski definition) is 1. The lowest BCUT2D eigenvalue weighted by Gasteiger charge is -2.19. The zero-order valence-electron chi connectivity index (χ0n) is 16.3. The van der Waals surface area contributed by atoms with Crippen molar-refractivity contribution in [1.29, 1.82) is 0 Å². The highest BCUT2D eigenvalue weighted by Gasteiger charge is 2.22. The topological polar surface area (TPSA) is 67.9 Å². The third-order valence-electron chi connectivity index (χ3n) is 4.68. The van der Waals surface area contributed by atoms with Gasteiger partial charge in [0.15, 0.2) is 0 Å². The summed E-state index contributed by atoms with van der Waals surface area (Å²) < 4.78 is 10.5. The van der Waals surface area contributed by atoms with Gasteiger partial charge in [-0.3, -0.25) is 9.59 Å². The van der Waals surface area contributed by atoms with Crippen LogP contribution in [0, 0.1) is 6.92 Å². The first kappa shape index (κ1) is 19.5. The molecule has 1 aliphatic rings. The van der Waals surface area contributed by atoms with E-state index >= 15 is 0 Å². The molecule has 0 spiro atoms. The molecule has 28 heavy (non-hydrogen) atoms. The number of methoxy groups -OCH3 is 2. The highest BCUT2D eigenvalue weighted by Crippen LogP contribution is 2.28. The second kappa shape index (κ2) is 8.61. The van der Waals surface area contributed by atoms with Crippen molar-refractivity contribution < 1.29 is 19.1 Å². The number of hydrogen-bond acceptors (Lipinski definition) is 4. The second-order valence-electron chi connectivity index (χ2n) is 6.58. The van der Waals surface area contributed by atoms with Gasteiger partial charge >= 0.3 is 0 Å². The number of carbonyl (C=O) groups excluding carboxylic acids is 2. The van der Waals surface area contributed by atoms with Crippen molar-refractivity contribution in [3.63, 3.8) is 0 Å². The Balaban J connectivity index is 1.69. The third kappa shape index (κ3) is 4.34. The van der Waals surface area contributed by atoms with Crippen molar-refractivity contribution in [2.45, 2.75) is 19.8 Å². The summed E-state index contributed by atoms with van der Waals surface area (Å²) in [4.78, 5) is 26.0. The number of nitrogens with one attached hydrogen (secondary N) is 1. The number of anilines is 2. The lowest BCUT2D eigenvalue weighted by Crippen LogP contribution is -2.24. The monoisotopic (exact) mass is 380 g/mol. The maximum absolute atomic E-state index is 12.3. The van der Waals surface area contributed by atoms with E-state index in [4.69, 9.17) is 9.47 Å². The Bertz CT molecular complexity index is 921. The predicted octanol–water partition coefficient (Wildman–Crippen LogP) is 3.79. The Kier molecular flexibility index (Phi) is 5.99. The molecule has 2 aromatic carbocycles. The summed E-state index contributed by atoms with van der Waals surface area (Å²) in [5.41, 5.74) is 3.31. The molecule has 1 heterocycles. The number of benzene rings is 2. The Labute approximate surface area is 164 Å². The van der Waals surface area contributed by atoms with Crippen LogP contribution in [0.3, 0.4) is 0 Å². The van der Waals surface area contributed by atoms with Crippen molar-refractivity contribution in [3.8, 4) is 11.5 Å². The van der Waals surface area contributed by atoms with Gasteiger partial charge in [-0.05, 0) is 55.3 Å². The molecule has 0 radical (unpaired) electrons. The molecule has 1 saturated heterocycles. The number of rotatable bonds is 6. The summed E-state index contributed by atoms with van der Waals surface area (Å²) in [6, 6.07) is 11.0. The van der Waals surface area contributed by atoms with Gasteiger partial charge in [-0.25, -0.2) is 0 Å². The number of ether oxygens (including phenoxy) is 2. The summed E-state index contributed by atoms with van der Waals surface area (Å²) in [5.74, 6) is 1.21. The van der Waals surface area contributed by atoms with Gasteiger partial charge < -0.3 is 19.7 Å². The summed E-state index contributed by atoms with van der Waals surface area (Å²) in [6.07, 6.45) is 4.63. The zero-order valence-corrected chi connectivity index (χ0v) is 16.3. The third-order valence-corrected chi connectivity index (χ3v) is 4.68. The second-order valence-corrected chi connectivity index (χ2v) is 6.58. The largest absolute Gasteiger partial charge is 0.497 e. The average molecular weight is 380 g/mol. The molecule has 6 heteroatoms.